The van der Waals surface area contributed by atoms with Crippen LogP contribution in [0.25, 0.3) is 0 Å². The zero-order chi connectivity index (χ0) is 13.9. The van der Waals surface area contributed by atoms with E-state index in [0.29, 0.717) is 17.9 Å². The van der Waals surface area contributed by atoms with Gasteiger partial charge in [-0.1, -0.05) is 13.8 Å². The van der Waals surface area contributed by atoms with Crippen molar-refractivity contribution >= 4 is 5.91 Å². The molecule has 112 valence electrons. The van der Waals surface area contributed by atoms with Crippen molar-refractivity contribution in [1.82, 2.24) is 15.1 Å². The molecule has 2 saturated carbocycles. The second kappa shape index (κ2) is 4.44. The fraction of sp³-hybridized carbons (Fsp3) is 0.938. The Kier molecular flexibility index (Phi) is 2.90. The average Bonchev–Trinajstić information content (AvgIpc) is 3.29. The summed E-state index contributed by atoms with van der Waals surface area (Å²) in [5, 5.41) is 3.67. The van der Waals surface area contributed by atoms with E-state index in [1.54, 1.807) is 0 Å². The molecule has 4 aliphatic rings. The van der Waals surface area contributed by atoms with Crippen molar-refractivity contribution in [3.63, 3.8) is 0 Å². The Morgan fingerprint density at radius 2 is 2.00 bits per heavy atom. The van der Waals surface area contributed by atoms with Crippen LogP contribution in [-0.4, -0.2) is 52.6 Å². The molecule has 4 rings (SSSR count). The summed E-state index contributed by atoms with van der Waals surface area (Å²) >= 11 is 0. The first-order valence-electron chi connectivity index (χ1n) is 8.43. The molecule has 20 heavy (non-hydrogen) atoms. The van der Waals surface area contributed by atoms with Crippen molar-refractivity contribution in [2.45, 2.75) is 76.2 Å². The maximum atomic E-state index is 12.8. The van der Waals surface area contributed by atoms with Crippen LogP contribution in [0.2, 0.25) is 0 Å². The molecule has 0 aromatic rings. The summed E-state index contributed by atoms with van der Waals surface area (Å²) in [7, 11) is 0. The molecule has 4 fully saturated rings. The van der Waals surface area contributed by atoms with Crippen LogP contribution in [0.15, 0.2) is 0 Å². The van der Waals surface area contributed by atoms with Gasteiger partial charge < -0.3 is 4.90 Å². The van der Waals surface area contributed by atoms with Crippen molar-refractivity contribution in [3.05, 3.63) is 0 Å². The minimum Gasteiger partial charge on any atom is -0.321 e. The number of carbonyl (C=O) groups excluding carboxylic acids is 1. The van der Waals surface area contributed by atoms with Crippen molar-refractivity contribution < 1.29 is 4.79 Å². The van der Waals surface area contributed by atoms with Gasteiger partial charge in [0.05, 0.1) is 11.7 Å². The second-order valence-electron chi connectivity index (χ2n) is 7.75. The molecule has 0 aromatic carbocycles. The first-order chi connectivity index (χ1) is 9.59. The van der Waals surface area contributed by atoms with Gasteiger partial charge in [-0.3, -0.25) is 15.0 Å². The van der Waals surface area contributed by atoms with Gasteiger partial charge in [-0.05, 0) is 44.4 Å². The average molecular weight is 277 g/mol. The Morgan fingerprint density at radius 1 is 1.25 bits per heavy atom. The molecule has 1 amide bonds. The lowest BCUT2D eigenvalue weighted by Crippen LogP contribution is -2.46. The first kappa shape index (κ1) is 13.1. The zero-order valence-corrected chi connectivity index (χ0v) is 12.8. The van der Waals surface area contributed by atoms with Crippen molar-refractivity contribution in [3.8, 4) is 0 Å². The summed E-state index contributed by atoms with van der Waals surface area (Å²) < 4.78 is 0. The molecule has 4 heteroatoms. The number of nitrogens with one attached hydrogen (secondary N) is 1. The van der Waals surface area contributed by atoms with Gasteiger partial charge in [-0.2, -0.15) is 0 Å². The van der Waals surface area contributed by atoms with E-state index in [1.807, 2.05) is 0 Å². The Bertz CT molecular complexity index is 414. The lowest BCUT2D eigenvalue weighted by Gasteiger charge is -2.31. The third-order valence-electron chi connectivity index (χ3n) is 5.52. The van der Waals surface area contributed by atoms with E-state index >= 15 is 0 Å². The van der Waals surface area contributed by atoms with Gasteiger partial charge in [0, 0.05) is 25.2 Å². The summed E-state index contributed by atoms with van der Waals surface area (Å²) in [5.74, 6) is 1.04. The normalized spacial score (nSPS) is 36.5. The molecule has 1 N–H and O–H groups in total. The molecule has 0 aromatic heterocycles. The number of hydrogen-bond acceptors (Lipinski definition) is 3. The summed E-state index contributed by atoms with van der Waals surface area (Å²) in [5.41, 5.74) is -0.146. The maximum Gasteiger partial charge on any atom is 0.244 e. The topological polar surface area (TPSA) is 35.6 Å². The summed E-state index contributed by atoms with van der Waals surface area (Å²) in [4.78, 5) is 17.7. The molecule has 0 bridgehead atoms. The lowest BCUT2D eigenvalue weighted by molar-refractivity contribution is -0.133. The fourth-order valence-electron chi connectivity index (χ4n) is 4.13. The molecule has 2 unspecified atom stereocenters. The maximum absolute atomic E-state index is 12.8. The van der Waals surface area contributed by atoms with E-state index in [4.69, 9.17) is 0 Å². The van der Waals surface area contributed by atoms with Gasteiger partial charge in [0.1, 0.15) is 0 Å². The number of hydrogen-bond donors (Lipinski definition) is 1. The Hall–Kier alpha value is -0.610. The molecule has 2 aliphatic heterocycles. The van der Waals surface area contributed by atoms with Crippen LogP contribution in [0.4, 0.5) is 0 Å². The second-order valence-corrected chi connectivity index (χ2v) is 7.75. The van der Waals surface area contributed by atoms with Crippen LogP contribution >= 0.6 is 0 Å². The number of likely N-dealkylation sites (tertiary alicyclic amines) is 1. The van der Waals surface area contributed by atoms with Gasteiger partial charge in [-0.15, -0.1) is 0 Å². The third kappa shape index (κ3) is 2.08. The van der Waals surface area contributed by atoms with Gasteiger partial charge in [0.2, 0.25) is 5.91 Å². The summed E-state index contributed by atoms with van der Waals surface area (Å²) in [6, 6.07) is 1.29. The molecule has 0 radical (unpaired) electrons. The third-order valence-corrected chi connectivity index (χ3v) is 5.52. The quantitative estimate of drug-likeness (QED) is 0.847. The highest BCUT2D eigenvalue weighted by atomic mass is 16.2. The van der Waals surface area contributed by atoms with E-state index in [9.17, 15) is 4.79 Å². The van der Waals surface area contributed by atoms with E-state index in [-0.39, 0.29) is 11.7 Å². The molecule has 2 aliphatic carbocycles. The van der Waals surface area contributed by atoms with Crippen molar-refractivity contribution in [2.75, 3.05) is 13.1 Å². The zero-order valence-electron chi connectivity index (χ0n) is 12.8. The molecule has 1 spiro atoms. The lowest BCUT2D eigenvalue weighted by atomic mass is 10.1. The van der Waals surface area contributed by atoms with Gasteiger partial charge >= 0.3 is 0 Å². The monoisotopic (exact) mass is 277 g/mol. The minimum absolute atomic E-state index is 0.146. The number of nitrogens with zero attached hydrogens (tertiary/aromatic N) is 2. The minimum atomic E-state index is -0.146. The summed E-state index contributed by atoms with van der Waals surface area (Å²) in [6.07, 6.45) is 7.40. The SMILES string of the molecule is CC(C)CC1NC2(CC2)C(=O)N1C1CCN(C2CC2)C1. The van der Waals surface area contributed by atoms with Crippen molar-refractivity contribution in [2.24, 2.45) is 5.92 Å². The molecular formula is C16H27N3O. The largest absolute Gasteiger partial charge is 0.321 e. The van der Waals surface area contributed by atoms with Gasteiger partial charge in [0.15, 0.2) is 0 Å². The molecule has 2 heterocycles. The van der Waals surface area contributed by atoms with Crippen LogP contribution in [-0.2, 0) is 4.79 Å². The predicted octanol–water partition coefficient (Wildman–Crippen LogP) is 1.56. The predicted molar refractivity (Wildman–Crippen MR) is 78.2 cm³/mol. The molecule has 4 nitrogen and oxygen atoms in total. The number of carbonyl (C=O) groups is 1. The van der Waals surface area contributed by atoms with E-state index in [0.717, 1.165) is 31.8 Å². The van der Waals surface area contributed by atoms with Crippen LogP contribution in [0.3, 0.4) is 0 Å². The highest BCUT2D eigenvalue weighted by Gasteiger charge is 2.60. The van der Waals surface area contributed by atoms with Crippen LogP contribution in [0.1, 0.15) is 52.4 Å². The Labute approximate surface area is 121 Å². The highest BCUT2D eigenvalue weighted by Crippen LogP contribution is 2.45. The van der Waals surface area contributed by atoms with Crippen LogP contribution in [0, 0.1) is 5.92 Å². The first-order valence-corrected chi connectivity index (χ1v) is 8.43. The van der Waals surface area contributed by atoms with Gasteiger partial charge in [0.25, 0.3) is 0 Å². The smallest absolute Gasteiger partial charge is 0.244 e. The van der Waals surface area contributed by atoms with E-state index in [2.05, 4.69) is 29.0 Å². The standard InChI is InChI=1S/C16H27N3O/c1-11(2)9-14-17-16(6-7-16)15(20)19(14)13-5-8-18(10-13)12-3-4-12/h11-14,17H,3-10H2,1-2H3. The van der Waals surface area contributed by atoms with Crippen LogP contribution < -0.4 is 5.32 Å². The van der Waals surface area contributed by atoms with Crippen LogP contribution in [0.5, 0.6) is 0 Å². The van der Waals surface area contributed by atoms with Gasteiger partial charge in [-0.25, -0.2) is 0 Å². The molecule has 2 saturated heterocycles. The van der Waals surface area contributed by atoms with E-state index < -0.39 is 0 Å². The molecule has 2 atom stereocenters. The molecular weight excluding hydrogens is 250 g/mol. The van der Waals surface area contributed by atoms with E-state index in [1.165, 1.54) is 25.8 Å². The highest BCUT2D eigenvalue weighted by molar-refractivity contribution is 5.92. The summed E-state index contributed by atoms with van der Waals surface area (Å²) in [6.45, 7) is 6.82. The Morgan fingerprint density at radius 3 is 2.60 bits per heavy atom. The van der Waals surface area contributed by atoms with Crippen molar-refractivity contribution in [1.29, 1.82) is 0 Å². The Balaban J connectivity index is 1.49. The fourth-order valence-corrected chi connectivity index (χ4v) is 4.13. The number of amides is 1. The number of rotatable bonds is 4.